The number of unbranched alkanes of at least 4 members (excludes halogenated alkanes) is 3. The molecule has 0 saturated heterocycles. The highest BCUT2D eigenvalue weighted by molar-refractivity contribution is 5.80. The van der Waals surface area contributed by atoms with Gasteiger partial charge in [-0.3, -0.25) is 0 Å². The van der Waals surface area contributed by atoms with Gasteiger partial charge < -0.3 is 0 Å². The summed E-state index contributed by atoms with van der Waals surface area (Å²) < 4.78 is 0. The normalized spacial score (nSPS) is 14.8. The molecule has 0 fully saturated rings. The highest BCUT2D eigenvalue weighted by atomic mass is 14.4. The molecular weight excluding hydrogens is 252 g/mol. The predicted octanol–water partition coefficient (Wildman–Crippen LogP) is 6.12. The van der Waals surface area contributed by atoms with Crippen molar-refractivity contribution in [2.45, 2.75) is 58.3 Å². The maximum Gasteiger partial charge on any atom is 0.0158 e. The van der Waals surface area contributed by atoms with Crippen molar-refractivity contribution in [3.8, 4) is 11.1 Å². The van der Waals surface area contributed by atoms with Crippen molar-refractivity contribution in [3.05, 3.63) is 59.2 Å². The molecule has 21 heavy (non-hydrogen) atoms. The Labute approximate surface area is 129 Å². The second-order valence-electron chi connectivity index (χ2n) is 6.86. The van der Waals surface area contributed by atoms with Gasteiger partial charge in [-0.1, -0.05) is 82.5 Å². The van der Waals surface area contributed by atoms with Crippen molar-refractivity contribution in [2.24, 2.45) is 0 Å². The van der Waals surface area contributed by atoms with Crippen molar-refractivity contribution in [2.75, 3.05) is 0 Å². The molecule has 0 nitrogen and oxygen atoms in total. The summed E-state index contributed by atoms with van der Waals surface area (Å²) in [6, 6.07) is 16.0. The molecule has 0 bridgehead atoms. The molecule has 0 aromatic heterocycles. The number of hydrogen-bond donors (Lipinski definition) is 0. The van der Waals surface area contributed by atoms with Gasteiger partial charge in [-0.05, 0) is 40.7 Å². The summed E-state index contributed by atoms with van der Waals surface area (Å²) in [6.45, 7) is 6.99. The van der Waals surface area contributed by atoms with E-state index in [1.807, 2.05) is 0 Å². The fourth-order valence-corrected chi connectivity index (χ4v) is 3.66. The first-order valence-electron chi connectivity index (χ1n) is 8.38. The molecule has 1 aliphatic carbocycles. The smallest absolute Gasteiger partial charge is 0.0158 e. The summed E-state index contributed by atoms with van der Waals surface area (Å²) >= 11 is 0. The van der Waals surface area contributed by atoms with Crippen molar-refractivity contribution < 1.29 is 0 Å². The van der Waals surface area contributed by atoms with Crippen LogP contribution in [0.2, 0.25) is 0 Å². The predicted molar refractivity (Wildman–Crippen MR) is 91.9 cm³/mol. The number of rotatable bonds is 5. The maximum atomic E-state index is 2.46. The fraction of sp³-hybridized carbons (Fsp3) is 0.429. The van der Waals surface area contributed by atoms with Crippen molar-refractivity contribution in [1.29, 1.82) is 0 Å². The molecule has 0 saturated carbocycles. The lowest BCUT2D eigenvalue weighted by Gasteiger charge is -2.22. The third-order valence-electron chi connectivity index (χ3n) is 4.97. The zero-order valence-electron chi connectivity index (χ0n) is 13.6. The van der Waals surface area contributed by atoms with Gasteiger partial charge in [0, 0.05) is 5.41 Å². The Morgan fingerprint density at radius 3 is 2.38 bits per heavy atom. The fourth-order valence-electron chi connectivity index (χ4n) is 3.66. The van der Waals surface area contributed by atoms with Crippen LogP contribution >= 0.6 is 0 Å². The van der Waals surface area contributed by atoms with Crippen LogP contribution in [0.3, 0.4) is 0 Å². The third kappa shape index (κ3) is 2.52. The molecule has 3 rings (SSSR count). The lowest BCUT2D eigenvalue weighted by Crippen LogP contribution is -2.15. The third-order valence-corrected chi connectivity index (χ3v) is 4.97. The van der Waals surface area contributed by atoms with Crippen LogP contribution in [-0.4, -0.2) is 0 Å². The Kier molecular flexibility index (Phi) is 3.89. The molecule has 0 heterocycles. The lowest BCUT2D eigenvalue weighted by molar-refractivity contribution is 0.652. The molecule has 0 radical (unpaired) electrons. The monoisotopic (exact) mass is 278 g/mol. The number of fused-ring (bicyclic) bond motifs is 3. The van der Waals surface area contributed by atoms with E-state index >= 15 is 0 Å². The van der Waals surface area contributed by atoms with Crippen molar-refractivity contribution >= 4 is 0 Å². The summed E-state index contributed by atoms with van der Waals surface area (Å²) in [6.07, 6.45) is 6.57. The molecule has 2 aromatic carbocycles. The maximum absolute atomic E-state index is 2.46. The minimum Gasteiger partial charge on any atom is -0.0654 e. The minimum absolute atomic E-state index is 0.144. The Morgan fingerprint density at radius 1 is 0.810 bits per heavy atom. The van der Waals surface area contributed by atoms with Crippen LogP contribution in [0.5, 0.6) is 0 Å². The van der Waals surface area contributed by atoms with Gasteiger partial charge in [0.25, 0.3) is 0 Å². The zero-order chi connectivity index (χ0) is 14.9. The molecule has 110 valence electrons. The highest BCUT2D eigenvalue weighted by Crippen LogP contribution is 2.48. The van der Waals surface area contributed by atoms with Gasteiger partial charge in [0.05, 0.1) is 0 Å². The van der Waals surface area contributed by atoms with Gasteiger partial charge in [0.2, 0.25) is 0 Å². The number of benzene rings is 2. The Hall–Kier alpha value is -1.56. The lowest BCUT2D eigenvalue weighted by atomic mass is 9.82. The van der Waals surface area contributed by atoms with E-state index in [9.17, 15) is 0 Å². The molecule has 2 aromatic rings. The van der Waals surface area contributed by atoms with Gasteiger partial charge >= 0.3 is 0 Å². The average Bonchev–Trinajstić information content (AvgIpc) is 2.73. The topological polar surface area (TPSA) is 0 Å². The summed E-state index contributed by atoms with van der Waals surface area (Å²) in [5, 5.41) is 0. The molecule has 1 aliphatic rings. The van der Waals surface area contributed by atoms with Crippen LogP contribution in [0.15, 0.2) is 42.5 Å². The van der Waals surface area contributed by atoms with E-state index in [0.717, 1.165) is 0 Å². The van der Waals surface area contributed by atoms with E-state index in [2.05, 4.69) is 63.2 Å². The van der Waals surface area contributed by atoms with Crippen LogP contribution < -0.4 is 0 Å². The van der Waals surface area contributed by atoms with Gasteiger partial charge in [0.1, 0.15) is 0 Å². The second-order valence-corrected chi connectivity index (χ2v) is 6.86. The number of aryl methyl sites for hydroxylation is 1. The van der Waals surface area contributed by atoms with Gasteiger partial charge in [-0.25, -0.2) is 0 Å². The van der Waals surface area contributed by atoms with Gasteiger partial charge in [-0.15, -0.1) is 0 Å². The van der Waals surface area contributed by atoms with E-state index in [0.29, 0.717) is 0 Å². The van der Waals surface area contributed by atoms with Crippen LogP contribution in [0.4, 0.5) is 0 Å². The largest absolute Gasteiger partial charge is 0.0654 e. The molecule has 0 N–H and O–H groups in total. The Balaban J connectivity index is 1.89. The number of hydrogen-bond acceptors (Lipinski definition) is 0. The second kappa shape index (κ2) is 5.67. The molecule has 0 heteroatoms. The summed E-state index contributed by atoms with van der Waals surface area (Å²) in [5.74, 6) is 0. The van der Waals surface area contributed by atoms with E-state index in [1.54, 1.807) is 0 Å². The summed E-state index contributed by atoms with van der Waals surface area (Å²) in [7, 11) is 0. The Morgan fingerprint density at radius 2 is 1.57 bits per heavy atom. The van der Waals surface area contributed by atoms with Gasteiger partial charge in [0.15, 0.2) is 0 Å². The molecule has 0 atom stereocenters. The van der Waals surface area contributed by atoms with Crippen LogP contribution in [0.1, 0.15) is 63.1 Å². The minimum atomic E-state index is 0.144. The first-order valence-corrected chi connectivity index (χ1v) is 8.38. The van der Waals surface area contributed by atoms with Crippen LogP contribution in [0.25, 0.3) is 11.1 Å². The van der Waals surface area contributed by atoms with E-state index < -0.39 is 0 Å². The first-order chi connectivity index (χ1) is 10.1. The summed E-state index contributed by atoms with van der Waals surface area (Å²) in [5.41, 5.74) is 7.50. The van der Waals surface area contributed by atoms with Crippen LogP contribution in [0, 0.1) is 0 Å². The molecule has 0 aliphatic heterocycles. The zero-order valence-corrected chi connectivity index (χ0v) is 13.6. The van der Waals surface area contributed by atoms with Crippen LogP contribution in [-0.2, 0) is 11.8 Å². The van der Waals surface area contributed by atoms with Gasteiger partial charge in [-0.2, -0.15) is 0 Å². The van der Waals surface area contributed by atoms with Crippen molar-refractivity contribution in [3.63, 3.8) is 0 Å². The average molecular weight is 278 g/mol. The Bertz CT molecular complexity index is 634. The quantitative estimate of drug-likeness (QED) is 0.578. The highest BCUT2D eigenvalue weighted by Gasteiger charge is 2.34. The van der Waals surface area contributed by atoms with Crippen molar-refractivity contribution in [1.82, 2.24) is 0 Å². The van der Waals surface area contributed by atoms with E-state index in [-0.39, 0.29) is 5.41 Å². The van der Waals surface area contributed by atoms with E-state index in [4.69, 9.17) is 0 Å². The summed E-state index contributed by atoms with van der Waals surface area (Å²) in [4.78, 5) is 0. The molecular formula is C21H26. The molecule has 0 amide bonds. The SMILES string of the molecule is CCCCCCc1ccc2c(c1)C(C)(C)c1ccccc1-2. The molecule has 0 unspecified atom stereocenters. The first kappa shape index (κ1) is 14.4. The molecule has 0 spiro atoms. The van der Waals surface area contributed by atoms with E-state index in [1.165, 1.54) is 59.9 Å². The standard InChI is InChI=1S/C21H26/c1-4-5-6-7-10-16-13-14-18-17-11-8-9-12-19(17)21(2,3)20(18)15-16/h8-9,11-15H,4-7,10H2,1-3H3.